The fraction of sp³-hybridized carbons (Fsp3) is 0.321. The van der Waals surface area contributed by atoms with Gasteiger partial charge in [-0.2, -0.15) is 4.31 Å². The van der Waals surface area contributed by atoms with Crippen molar-refractivity contribution in [2.75, 3.05) is 19.6 Å². The van der Waals surface area contributed by atoms with Gasteiger partial charge in [0.25, 0.3) is 0 Å². The van der Waals surface area contributed by atoms with Crippen LogP contribution in [0.5, 0.6) is 0 Å². The Morgan fingerprint density at radius 3 is 2.27 bits per heavy atom. The maximum absolute atomic E-state index is 13.6. The summed E-state index contributed by atoms with van der Waals surface area (Å²) in [5.74, 6) is 0.358. The number of benzene rings is 3. The molecule has 5 nitrogen and oxygen atoms in total. The number of likely N-dealkylation sites (tertiary alicyclic amines) is 1. The van der Waals surface area contributed by atoms with Crippen LogP contribution in [-0.4, -0.2) is 43.2 Å². The monoisotopic (exact) mass is 622 g/mol. The van der Waals surface area contributed by atoms with Crippen molar-refractivity contribution in [1.29, 1.82) is 0 Å². The molecule has 1 heterocycles. The first kappa shape index (κ1) is 28.1. The number of amides is 1. The molecule has 0 unspecified atom stereocenters. The molecular weight excluding hydrogens is 595 g/mol. The molecule has 1 fully saturated rings. The zero-order valence-corrected chi connectivity index (χ0v) is 24.5. The molecule has 9 heteroatoms. The van der Waals surface area contributed by atoms with Crippen LogP contribution in [0.3, 0.4) is 0 Å². The van der Waals surface area contributed by atoms with Gasteiger partial charge in [-0.05, 0) is 60.6 Å². The molecule has 1 amide bonds. The molecule has 0 N–H and O–H groups in total. The average molecular weight is 624 g/mol. The Morgan fingerprint density at radius 1 is 1.00 bits per heavy atom. The van der Waals surface area contributed by atoms with E-state index in [1.165, 1.54) is 27.6 Å². The minimum absolute atomic E-state index is 0.0312. The molecule has 4 rings (SSSR count). The highest BCUT2D eigenvalue weighted by Gasteiger charge is 2.31. The Bertz CT molecular complexity index is 1340. The topological polar surface area (TPSA) is 57.7 Å². The molecule has 37 heavy (non-hydrogen) atoms. The number of hydrogen-bond acceptors (Lipinski definition) is 3. The predicted molar refractivity (Wildman–Crippen MR) is 153 cm³/mol. The molecule has 0 radical (unpaired) electrons. The van der Waals surface area contributed by atoms with Crippen molar-refractivity contribution in [3.05, 3.63) is 97.9 Å². The first-order valence-corrected chi connectivity index (χ1v) is 15.2. The number of sulfonamides is 1. The molecule has 3 aromatic carbocycles. The number of carbonyl (C=O) groups is 1. The standard InChI is InChI=1S/C28H29BrCl2N2O3S/c1-20-18-23(10-11-24(20)29)22-12-15-32(16-13-22)27(34)14-17-33(19-21-6-3-2-4-7-21)37(35,36)28-25(30)8-5-9-26(28)31/h2-11,18,22H,12-17,19H2,1H3. The molecular formula is C28H29BrCl2N2O3S. The van der Waals surface area contributed by atoms with Crippen LogP contribution in [-0.2, 0) is 21.4 Å². The van der Waals surface area contributed by atoms with Crippen LogP contribution >= 0.6 is 39.1 Å². The summed E-state index contributed by atoms with van der Waals surface area (Å²) >= 11 is 16.1. The summed E-state index contributed by atoms with van der Waals surface area (Å²) in [6.45, 7) is 3.53. The van der Waals surface area contributed by atoms with Gasteiger partial charge in [-0.1, -0.05) is 87.7 Å². The third-order valence-corrected chi connectivity index (χ3v) is 10.5. The van der Waals surface area contributed by atoms with Crippen LogP contribution in [0.25, 0.3) is 0 Å². The van der Waals surface area contributed by atoms with E-state index in [9.17, 15) is 13.2 Å². The van der Waals surface area contributed by atoms with Crippen LogP contribution in [0, 0.1) is 6.92 Å². The molecule has 0 aliphatic carbocycles. The second-order valence-corrected chi connectivity index (χ2v) is 12.8. The fourth-order valence-corrected chi connectivity index (χ4v) is 7.46. The molecule has 0 saturated carbocycles. The highest BCUT2D eigenvalue weighted by Crippen LogP contribution is 2.33. The first-order chi connectivity index (χ1) is 17.7. The molecule has 3 aromatic rings. The van der Waals surface area contributed by atoms with Crippen LogP contribution in [0.1, 0.15) is 41.9 Å². The van der Waals surface area contributed by atoms with Gasteiger partial charge in [0.2, 0.25) is 15.9 Å². The summed E-state index contributed by atoms with van der Waals surface area (Å²) in [6, 6.07) is 20.3. The molecule has 196 valence electrons. The van der Waals surface area contributed by atoms with Gasteiger partial charge in [-0.15, -0.1) is 0 Å². The van der Waals surface area contributed by atoms with Crippen molar-refractivity contribution in [2.24, 2.45) is 0 Å². The Morgan fingerprint density at radius 2 is 1.65 bits per heavy atom. The Kier molecular flexibility index (Phi) is 9.35. The fourth-order valence-electron chi connectivity index (χ4n) is 4.69. The number of piperidine rings is 1. The summed E-state index contributed by atoms with van der Waals surface area (Å²) in [5, 5.41) is 0.115. The quantitative estimate of drug-likeness (QED) is 0.270. The molecule has 0 spiro atoms. The van der Waals surface area contributed by atoms with E-state index >= 15 is 0 Å². The second-order valence-electron chi connectivity index (χ2n) is 9.29. The zero-order valence-electron chi connectivity index (χ0n) is 20.5. The number of rotatable bonds is 8. The summed E-state index contributed by atoms with van der Waals surface area (Å²) < 4.78 is 29.7. The SMILES string of the molecule is Cc1cc(C2CCN(C(=O)CCN(Cc3ccccc3)S(=O)(=O)c3c(Cl)cccc3Cl)CC2)ccc1Br. The van der Waals surface area contributed by atoms with Crippen molar-refractivity contribution in [2.45, 2.75) is 43.5 Å². The van der Waals surface area contributed by atoms with E-state index in [-0.39, 0.29) is 40.4 Å². The van der Waals surface area contributed by atoms with Crippen molar-refractivity contribution in [3.63, 3.8) is 0 Å². The van der Waals surface area contributed by atoms with Gasteiger partial charge >= 0.3 is 0 Å². The minimum Gasteiger partial charge on any atom is -0.343 e. The van der Waals surface area contributed by atoms with Gasteiger partial charge in [0.05, 0.1) is 10.0 Å². The van der Waals surface area contributed by atoms with E-state index in [1.54, 1.807) is 6.07 Å². The molecule has 1 aliphatic rings. The largest absolute Gasteiger partial charge is 0.343 e. The van der Waals surface area contributed by atoms with Crippen LogP contribution in [0.4, 0.5) is 0 Å². The van der Waals surface area contributed by atoms with E-state index in [2.05, 4.69) is 41.1 Å². The van der Waals surface area contributed by atoms with E-state index in [0.29, 0.717) is 19.0 Å². The predicted octanol–water partition coefficient (Wildman–Crippen LogP) is 7.05. The molecule has 0 aromatic heterocycles. The third kappa shape index (κ3) is 6.76. The molecule has 1 aliphatic heterocycles. The van der Waals surface area contributed by atoms with Crippen molar-refractivity contribution in [1.82, 2.24) is 9.21 Å². The Balaban J connectivity index is 1.45. The summed E-state index contributed by atoms with van der Waals surface area (Å²) in [4.78, 5) is 14.9. The van der Waals surface area contributed by atoms with Crippen molar-refractivity contribution >= 4 is 55.1 Å². The second kappa shape index (κ2) is 12.3. The van der Waals surface area contributed by atoms with Gasteiger partial charge in [-0.3, -0.25) is 4.79 Å². The normalized spacial score (nSPS) is 14.8. The number of halogens is 3. The maximum atomic E-state index is 13.6. The van der Waals surface area contributed by atoms with E-state index in [4.69, 9.17) is 23.2 Å². The van der Waals surface area contributed by atoms with Gasteiger partial charge in [0, 0.05) is 37.1 Å². The molecule has 0 bridgehead atoms. The number of nitrogens with zero attached hydrogens (tertiary/aromatic N) is 2. The first-order valence-electron chi connectivity index (χ1n) is 12.2. The highest BCUT2D eigenvalue weighted by atomic mass is 79.9. The lowest BCUT2D eigenvalue weighted by atomic mass is 9.88. The summed E-state index contributed by atoms with van der Waals surface area (Å²) in [6.07, 6.45) is 1.85. The smallest absolute Gasteiger partial charge is 0.246 e. The van der Waals surface area contributed by atoms with Gasteiger partial charge in [-0.25, -0.2) is 8.42 Å². The summed E-state index contributed by atoms with van der Waals surface area (Å²) in [7, 11) is -4.04. The number of aryl methyl sites for hydroxylation is 1. The van der Waals surface area contributed by atoms with Crippen LogP contribution in [0.2, 0.25) is 10.0 Å². The van der Waals surface area contributed by atoms with Crippen LogP contribution in [0.15, 0.2) is 76.1 Å². The van der Waals surface area contributed by atoms with E-state index < -0.39 is 10.0 Å². The Labute approximate surface area is 237 Å². The zero-order chi connectivity index (χ0) is 26.6. The lowest BCUT2D eigenvalue weighted by Crippen LogP contribution is -2.40. The van der Waals surface area contributed by atoms with Gasteiger partial charge in [0.15, 0.2) is 0 Å². The van der Waals surface area contributed by atoms with Gasteiger partial charge < -0.3 is 4.90 Å². The minimum atomic E-state index is -4.04. The van der Waals surface area contributed by atoms with E-state index in [1.807, 2.05) is 35.2 Å². The van der Waals surface area contributed by atoms with Crippen molar-refractivity contribution in [3.8, 4) is 0 Å². The lowest BCUT2D eigenvalue weighted by Gasteiger charge is -2.33. The number of hydrogen-bond donors (Lipinski definition) is 0. The van der Waals surface area contributed by atoms with Crippen LogP contribution < -0.4 is 0 Å². The summed E-state index contributed by atoms with van der Waals surface area (Å²) in [5.41, 5.74) is 3.31. The van der Waals surface area contributed by atoms with Crippen molar-refractivity contribution < 1.29 is 13.2 Å². The van der Waals surface area contributed by atoms with E-state index in [0.717, 1.165) is 22.9 Å². The highest BCUT2D eigenvalue weighted by molar-refractivity contribution is 9.10. The molecule has 1 saturated heterocycles. The molecule has 0 atom stereocenters. The number of carbonyl (C=O) groups excluding carboxylic acids is 1. The van der Waals surface area contributed by atoms with Gasteiger partial charge in [0.1, 0.15) is 4.90 Å². The average Bonchev–Trinajstić information content (AvgIpc) is 2.88. The lowest BCUT2D eigenvalue weighted by molar-refractivity contribution is -0.132. The maximum Gasteiger partial charge on any atom is 0.246 e. The third-order valence-electron chi connectivity index (χ3n) is 6.79. The Hall–Kier alpha value is -1.90.